The van der Waals surface area contributed by atoms with Crippen LogP contribution in [0.1, 0.15) is 65.3 Å². The second-order valence-corrected chi connectivity index (χ2v) is 13.1. The molecule has 0 N–H and O–H groups in total. The van der Waals surface area contributed by atoms with E-state index in [1.54, 1.807) is 30.8 Å². The van der Waals surface area contributed by atoms with Crippen LogP contribution in [0.3, 0.4) is 0 Å². The Hall–Kier alpha value is -2.43. The van der Waals surface area contributed by atoms with Crippen molar-refractivity contribution < 1.29 is 9.53 Å². The number of aryl methyl sites for hydroxylation is 1. The molecule has 3 aliphatic rings. The fourth-order valence-corrected chi connectivity index (χ4v) is 7.07. The van der Waals surface area contributed by atoms with E-state index in [4.69, 9.17) is 14.7 Å². The molecule has 10 heteroatoms. The normalized spacial score (nSPS) is 21.6. The van der Waals surface area contributed by atoms with Gasteiger partial charge in [0.1, 0.15) is 11.4 Å². The molecule has 1 spiro atoms. The zero-order valence-corrected chi connectivity index (χ0v) is 24.9. The minimum absolute atomic E-state index is 0.0244. The van der Waals surface area contributed by atoms with Crippen molar-refractivity contribution in [1.29, 1.82) is 0 Å². The summed E-state index contributed by atoms with van der Waals surface area (Å²) in [4.78, 5) is 26.5. The molecular weight excluding hydrogens is 564 g/mol. The van der Waals surface area contributed by atoms with E-state index in [1.807, 2.05) is 17.0 Å². The minimum atomic E-state index is -0.393. The van der Waals surface area contributed by atoms with Crippen molar-refractivity contribution in [2.45, 2.75) is 69.0 Å². The number of rotatable bonds is 3. The molecule has 0 fully saturated rings. The highest BCUT2D eigenvalue weighted by Gasteiger charge is 2.51. The molecule has 1 aliphatic carbocycles. The van der Waals surface area contributed by atoms with Gasteiger partial charge in [-0.1, -0.05) is 47.6 Å². The number of hydrogen-bond acceptors (Lipinski definition) is 7. The molecule has 0 bridgehead atoms. The molecule has 2 aliphatic heterocycles. The number of carbonyl (C=O) groups excluding carboxylic acids is 1. The van der Waals surface area contributed by atoms with Gasteiger partial charge in [0.05, 0.1) is 24.5 Å². The first-order valence-corrected chi connectivity index (χ1v) is 15.0. The van der Waals surface area contributed by atoms with Crippen LogP contribution in [-0.4, -0.2) is 57.5 Å². The lowest BCUT2D eigenvalue weighted by molar-refractivity contribution is -0.0803. The molecule has 0 saturated carbocycles. The highest BCUT2D eigenvalue weighted by Crippen LogP contribution is 2.54. The van der Waals surface area contributed by atoms with Crippen LogP contribution in [0.2, 0.25) is 0 Å². The van der Waals surface area contributed by atoms with Crippen LogP contribution in [0.4, 0.5) is 5.82 Å². The number of aromatic nitrogens is 4. The van der Waals surface area contributed by atoms with E-state index in [0.717, 1.165) is 64.8 Å². The quantitative estimate of drug-likeness (QED) is 0.314. The highest BCUT2D eigenvalue weighted by atomic mass is 79.9. The maximum atomic E-state index is 12.5. The van der Waals surface area contributed by atoms with Crippen LogP contribution in [-0.2, 0) is 41.9 Å². The van der Waals surface area contributed by atoms with Gasteiger partial charge in [0.15, 0.2) is 10.9 Å². The van der Waals surface area contributed by atoms with Crippen LogP contribution in [0.25, 0.3) is 0 Å². The SMILES string of the molecule is CSc1nc2c(c(N3CCCn4nc(C(=O)N(C)C)cc4C3)n1)COC1(C2)CC(C)(C)c2ccc(Br)cc21. The molecule has 1 amide bonds. The maximum Gasteiger partial charge on any atom is 0.273 e. The maximum absolute atomic E-state index is 12.5. The van der Waals surface area contributed by atoms with Gasteiger partial charge in [-0.05, 0) is 53.8 Å². The van der Waals surface area contributed by atoms with Gasteiger partial charge in [0.2, 0.25) is 0 Å². The van der Waals surface area contributed by atoms with Crippen molar-refractivity contribution in [3.05, 3.63) is 62.5 Å². The summed E-state index contributed by atoms with van der Waals surface area (Å²) in [5.74, 6) is 0.863. The predicted molar refractivity (Wildman–Crippen MR) is 152 cm³/mol. The van der Waals surface area contributed by atoms with Gasteiger partial charge in [0, 0.05) is 43.6 Å². The summed E-state index contributed by atoms with van der Waals surface area (Å²) >= 11 is 5.26. The van der Waals surface area contributed by atoms with Gasteiger partial charge in [-0.2, -0.15) is 5.10 Å². The first-order chi connectivity index (χ1) is 18.1. The predicted octanol–water partition coefficient (Wildman–Crippen LogP) is 4.92. The van der Waals surface area contributed by atoms with E-state index in [-0.39, 0.29) is 11.3 Å². The Kier molecular flexibility index (Phi) is 6.35. The smallest absolute Gasteiger partial charge is 0.273 e. The molecule has 3 aromatic rings. The summed E-state index contributed by atoms with van der Waals surface area (Å²) in [5.41, 5.74) is 5.92. The number of hydrogen-bond donors (Lipinski definition) is 0. The lowest BCUT2D eigenvalue weighted by Crippen LogP contribution is -2.37. The summed E-state index contributed by atoms with van der Waals surface area (Å²) in [6.07, 6.45) is 4.59. The third-order valence-corrected chi connectivity index (χ3v) is 9.09. The van der Waals surface area contributed by atoms with E-state index in [2.05, 4.69) is 58.0 Å². The van der Waals surface area contributed by atoms with Crippen molar-refractivity contribution in [3.63, 3.8) is 0 Å². The Morgan fingerprint density at radius 2 is 1.97 bits per heavy atom. The average Bonchev–Trinajstić information content (AvgIpc) is 3.28. The lowest BCUT2D eigenvalue weighted by atomic mass is 9.82. The number of anilines is 1. The molecule has 1 atom stereocenters. The Morgan fingerprint density at radius 1 is 1.16 bits per heavy atom. The van der Waals surface area contributed by atoms with Crippen LogP contribution in [0.5, 0.6) is 0 Å². The van der Waals surface area contributed by atoms with Gasteiger partial charge in [-0.25, -0.2) is 9.97 Å². The number of fused-ring (bicyclic) bond motifs is 4. The summed E-state index contributed by atoms with van der Waals surface area (Å²) < 4.78 is 9.88. The van der Waals surface area contributed by atoms with Crippen LogP contribution >= 0.6 is 27.7 Å². The Labute approximate surface area is 236 Å². The number of halogens is 1. The van der Waals surface area contributed by atoms with Crippen molar-refractivity contribution in [3.8, 4) is 0 Å². The summed E-state index contributed by atoms with van der Waals surface area (Å²) in [7, 11) is 3.51. The molecule has 2 aromatic heterocycles. The fraction of sp³-hybridized carbons (Fsp3) is 0.500. The molecule has 6 rings (SSSR count). The van der Waals surface area contributed by atoms with Gasteiger partial charge in [0.25, 0.3) is 5.91 Å². The van der Waals surface area contributed by atoms with E-state index in [9.17, 15) is 4.79 Å². The number of thioether (sulfide) groups is 1. The Morgan fingerprint density at radius 3 is 2.74 bits per heavy atom. The molecule has 200 valence electrons. The molecule has 1 unspecified atom stereocenters. The third-order valence-electron chi connectivity index (χ3n) is 8.05. The second-order valence-electron chi connectivity index (χ2n) is 11.4. The third kappa shape index (κ3) is 4.25. The molecular formula is C28H33BrN6O2S. The summed E-state index contributed by atoms with van der Waals surface area (Å²) in [6.45, 7) is 7.35. The van der Waals surface area contributed by atoms with E-state index in [0.29, 0.717) is 18.8 Å². The molecule has 8 nitrogen and oxygen atoms in total. The van der Waals surface area contributed by atoms with Crippen LogP contribution < -0.4 is 4.90 Å². The summed E-state index contributed by atoms with van der Waals surface area (Å²) in [5, 5.41) is 5.39. The zero-order chi connectivity index (χ0) is 26.8. The molecule has 38 heavy (non-hydrogen) atoms. The van der Waals surface area contributed by atoms with E-state index in [1.165, 1.54) is 11.1 Å². The van der Waals surface area contributed by atoms with Crippen LogP contribution in [0, 0.1) is 0 Å². The first-order valence-electron chi connectivity index (χ1n) is 13.0. The fourth-order valence-electron chi connectivity index (χ4n) is 6.32. The van der Waals surface area contributed by atoms with E-state index < -0.39 is 5.60 Å². The largest absolute Gasteiger partial charge is 0.365 e. The molecule has 0 saturated heterocycles. The minimum Gasteiger partial charge on any atom is -0.365 e. The summed E-state index contributed by atoms with van der Waals surface area (Å²) in [6, 6.07) is 8.52. The average molecular weight is 598 g/mol. The standard InChI is InChI=1S/C28H33BrN6O2S/c1-27(2)16-28(21-11-17(29)7-8-20(21)27)13-23-19(15-37-28)24(31-26(30-23)38-5)34-9-6-10-35-18(14-34)12-22(32-35)25(36)33(3)4/h7-8,11-12H,6,9-10,13-16H2,1-5H3. The van der Waals surface area contributed by atoms with Gasteiger partial charge >= 0.3 is 0 Å². The van der Waals surface area contributed by atoms with Crippen LogP contribution in [0.15, 0.2) is 33.9 Å². The van der Waals surface area contributed by atoms with Crippen molar-refractivity contribution >= 4 is 39.4 Å². The number of nitrogens with zero attached hydrogens (tertiary/aromatic N) is 6. The lowest BCUT2D eigenvalue weighted by Gasteiger charge is -2.38. The number of benzene rings is 1. The number of amides is 1. The Bertz CT molecular complexity index is 1440. The second kappa shape index (κ2) is 9.34. The molecule has 4 heterocycles. The van der Waals surface area contributed by atoms with Crippen molar-refractivity contribution in [2.24, 2.45) is 0 Å². The van der Waals surface area contributed by atoms with Gasteiger partial charge < -0.3 is 14.5 Å². The van der Waals surface area contributed by atoms with Crippen molar-refractivity contribution in [1.82, 2.24) is 24.6 Å². The number of ether oxygens (including phenoxy) is 1. The topological polar surface area (TPSA) is 76.4 Å². The number of carbonyl (C=O) groups is 1. The van der Waals surface area contributed by atoms with E-state index >= 15 is 0 Å². The molecule has 0 radical (unpaired) electrons. The van der Waals surface area contributed by atoms with Crippen molar-refractivity contribution in [2.75, 3.05) is 31.8 Å². The van der Waals surface area contributed by atoms with Gasteiger partial charge in [-0.15, -0.1) is 0 Å². The molecule has 1 aromatic carbocycles. The highest BCUT2D eigenvalue weighted by molar-refractivity contribution is 9.10. The zero-order valence-electron chi connectivity index (χ0n) is 22.5. The Balaban J connectivity index is 1.38. The van der Waals surface area contributed by atoms with Gasteiger partial charge in [-0.3, -0.25) is 9.48 Å². The monoisotopic (exact) mass is 596 g/mol. The first kappa shape index (κ1) is 25.8.